The van der Waals surface area contributed by atoms with Gasteiger partial charge in [-0.2, -0.15) is 10.5 Å². The third-order valence-corrected chi connectivity index (χ3v) is 11.1. The summed E-state index contributed by atoms with van der Waals surface area (Å²) in [5.41, 5.74) is 8.25. The number of benzene rings is 4. The molecule has 4 aromatic carbocycles. The van der Waals surface area contributed by atoms with E-state index in [1.165, 1.54) is 0 Å². The summed E-state index contributed by atoms with van der Waals surface area (Å²) in [7, 11) is 3.61. The van der Waals surface area contributed by atoms with Gasteiger partial charge in [-0.15, -0.1) is 10.2 Å². The topological polar surface area (TPSA) is 217 Å². The number of pyridine rings is 2. The molecule has 340 valence electrons. The number of aryl methyl sites for hydroxylation is 2. The summed E-state index contributed by atoms with van der Waals surface area (Å²) in [5, 5.41) is 46.7. The summed E-state index contributed by atoms with van der Waals surface area (Å²) >= 11 is 0. The van der Waals surface area contributed by atoms with E-state index in [9.17, 15) is 9.59 Å². The molecule has 4 heterocycles. The Bertz CT molecular complexity index is 2760. The molecule has 68 heavy (non-hydrogen) atoms. The summed E-state index contributed by atoms with van der Waals surface area (Å²) in [6, 6.07) is 44.6. The number of hydrogen-bond donors (Lipinski definition) is 4. The molecule has 4 N–H and O–H groups in total. The molecule has 16 nitrogen and oxygen atoms in total. The summed E-state index contributed by atoms with van der Waals surface area (Å²) in [6.07, 6.45) is 6.94. The van der Waals surface area contributed by atoms with Gasteiger partial charge < -0.3 is 21.3 Å². The Morgan fingerprint density at radius 1 is 0.529 bits per heavy atom. The number of nitriles is 2. The molecule has 0 saturated heterocycles. The highest BCUT2D eigenvalue weighted by molar-refractivity contribution is 5.95. The van der Waals surface area contributed by atoms with Crippen LogP contribution < -0.4 is 21.3 Å². The van der Waals surface area contributed by atoms with Crippen LogP contribution in [0.5, 0.6) is 0 Å². The number of nitrogens with zero attached hydrogens (tertiary/aromatic N) is 10. The number of aromatic nitrogens is 8. The van der Waals surface area contributed by atoms with Crippen LogP contribution in [0.4, 0.5) is 11.6 Å². The molecule has 0 spiro atoms. The standard InChI is InChI=1S/2C26H25N7O/c2*1-18(20-10-8-19(14-27)9-11-20)15-29-25(21-6-4-3-5-7-21)26(34)30-24-13-12-22(16-28-24)23-17-33(2)32-31-23/h2*3-13,16-18,25,29H,15H2,1-2H3,(H,28,30,34)/t18-,25+;18-,25-/m11/s1. The van der Waals surface area contributed by atoms with Crippen molar-refractivity contribution in [1.82, 2.24) is 50.6 Å². The number of amides is 2. The van der Waals surface area contributed by atoms with E-state index in [0.717, 1.165) is 33.4 Å². The lowest BCUT2D eigenvalue weighted by Gasteiger charge is -2.21. The Morgan fingerprint density at radius 2 is 0.912 bits per heavy atom. The number of hydrogen-bond acceptors (Lipinski definition) is 12. The number of rotatable bonds is 16. The molecular formula is C52H50N14O2. The van der Waals surface area contributed by atoms with Crippen molar-refractivity contribution in [2.75, 3.05) is 23.7 Å². The van der Waals surface area contributed by atoms with Crippen LogP contribution in [-0.2, 0) is 23.7 Å². The minimum atomic E-state index is -0.552. The van der Waals surface area contributed by atoms with Crippen LogP contribution in [-0.4, -0.2) is 64.9 Å². The van der Waals surface area contributed by atoms with Gasteiger partial charge in [-0.05, 0) is 82.6 Å². The molecule has 0 bridgehead atoms. The normalized spacial score (nSPS) is 12.5. The number of anilines is 2. The predicted octanol–water partition coefficient (Wildman–Crippen LogP) is 7.64. The van der Waals surface area contributed by atoms with E-state index < -0.39 is 12.1 Å². The molecular weight excluding hydrogens is 853 g/mol. The molecule has 0 unspecified atom stereocenters. The molecule has 0 fully saturated rings. The molecule has 4 atom stereocenters. The predicted molar refractivity (Wildman–Crippen MR) is 259 cm³/mol. The van der Waals surface area contributed by atoms with Gasteiger partial charge in [-0.25, -0.2) is 9.97 Å². The second-order valence-electron chi connectivity index (χ2n) is 16.2. The van der Waals surface area contributed by atoms with E-state index in [1.807, 2.05) is 121 Å². The summed E-state index contributed by atoms with van der Waals surface area (Å²) in [4.78, 5) is 35.2. The first-order valence-corrected chi connectivity index (χ1v) is 21.9. The SMILES string of the molecule is C[C@H](CN[C@@H](C(=O)Nc1ccc(-c2cn(C)nn2)cn1)c1ccccc1)c1ccc(C#N)cc1.C[C@H](CN[C@H](C(=O)Nc1ccc(-c2cn(C)nn2)cn1)c1ccccc1)c1ccc(C#N)cc1. The fourth-order valence-corrected chi connectivity index (χ4v) is 7.21. The van der Waals surface area contributed by atoms with E-state index in [0.29, 0.717) is 47.2 Å². The Balaban J connectivity index is 0.000000201. The summed E-state index contributed by atoms with van der Waals surface area (Å²) < 4.78 is 3.25. The van der Waals surface area contributed by atoms with Crippen molar-refractivity contribution in [3.63, 3.8) is 0 Å². The zero-order valence-corrected chi connectivity index (χ0v) is 38.0. The molecule has 16 heteroatoms. The van der Waals surface area contributed by atoms with Crippen LogP contribution >= 0.6 is 0 Å². The van der Waals surface area contributed by atoms with Gasteiger partial charge in [0.05, 0.1) is 35.7 Å². The third kappa shape index (κ3) is 12.8. The van der Waals surface area contributed by atoms with Gasteiger partial charge in [0.25, 0.3) is 0 Å². The van der Waals surface area contributed by atoms with E-state index in [4.69, 9.17) is 10.5 Å². The van der Waals surface area contributed by atoms with Crippen LogP contribution in [0.3, 0.4) is 0 Å². The second-order valence-corrected chi connectivity index (χ2v) is 16.2. The minimum Gasteiger partial charge on any atom is -0.309 e. The number of carbonyl (C=O) groups excluding carboxylic acids is 2. The Kier molecular flexibility index (Phi) is 16.0. The second kappa shape index (κ2) is 23.0. The lowest BCUT2D eigenvalue weighted by molar-refractivity contribution is -0.119. The van der Waals surface area contributed by atoms with Gasteiger partial charge in [0.2, 0.25) is 11.8 Å². The maximum Gasteiger partial charge on any atom is 0.247 e. The smallest absolute Gasteiger partial charge is 0.247 e. The largest absolute Gasteiger partial charge is 0.309 e. The van der Waals surface area contributed by atoms with Crippen molar-refractivity contribution in [3.05, 3.63) is 192 Å². The van der Waals surface area contributed by atoms with Crippen LogP contribution in [0.15, 0.2) is 158 Å². The highest BCUT2D eigenvalue weighted by Gasteiger charge is 2.23. The van der Waals surface area contributed by atoms with E-state index in [-0.39, 0.29) is 23.7 Å². The van der Waals surface area contributed by atoms with E-state index >= 15 is 0 Å². The van der Waals surface area contributed by atoms with Gasteiger partial charge in [0.15, 0.2) is 0 Å². The highest BCUT2D eigenvalue weighted by atomic mass is 16.2. The fourth-order valence-electron chi connectivity index (χ4n) is 7.21. The Labute approximate surface area is 394 Å². The first-order chi connectivity index (χ1) is 33.1. The van der Waals surface area contributed by atoms with Crippen molar-refractivity contribution >= 4 is 23.5 Å². The van der Waals surface area contributed by atoms with E-state index in [1.54, 1.807) is 60.4 Å². The van der Waals surface area contributed by atoms with E-state index in [2.05, 4.69) is 77.8 Å². The van der Waals surface area contributed by atoms with Gasteiger partial charge in [-0.3, -0.25) is 19.0 Å². The highest BCUT2D eigenvalue weighted by Crippen LogP contribution is 2.23. The van der Waals surface area contributed by atoms with Crippen molar-refractivity contribution in [2.24, 2.45) is 14.1 Å². The Morgan fingerprint density at radius 3 is 1.22 bits per heavy atom. The van der Waals surface area contributed by atoms with Gasteiger partial charge in [-0.1, -0.05) is 109 Å². The zero-order chi connectivity index (χ0) is 47.8. The average Bonchev–Trinajstić information content (AvgIpc) is 4.03. The molecule has 0 saturated carbocycles. The first-order valence-electron chi connectivity index (χ1n) is 21.9. The molecule has 2 amide bonds. The average molecular weight is 903 g/mol. The van der Waals surface area contributed by atoms with Gasteiger partial charge in [0.1, 0.15) is 35.1 Å². The van der Waals surface area contributed by atoms with Crippen LogP contribution in [0.25, 0.3) is 22.5 Å². The maximum atomic E-state index is 13.2. The molecule has 0 radical (unpaired) electrons. The summed E-state index contributed by atoms with van der Waals surface area (Å²) in [6.45, 7) is 5.33. The van der Waals surface area contributed by atoms with Gasteiger partial charge >= 0.3 is 0 Å². The summed E-state index contributed by atoms with van der Waals surface area (Å²) in [5.74, 6) is 0.823. The van der Waals surface area contributed by atoms with Crippen LogP contribution in [0, 0.1) is 22.7 Å². The molecule has 4 aromatic heterocycles. The van der Waals surface area contributed by atoms with Crippen molar-refractivity contribution in [1.29, 1.82) is 10.5 Å². The van der Waals surface area contributed by atoms with Crippen LogP contribution in [0.1, 0.15) is 71.1 Å². The van der Waals surface area contributed by atoms with Crippen molar-refractivity contribution in [3.8, 4) is 34.7 Å². The zero-order valence-electron chi connectivity index (χ0n) is 38.0. The lowest BCUT2D eigenvalue weighted by atomic mass is 9.98. The molecule has 8 rings (SSSR count). The third-order valence-electron chi connectivity index (χ3n) is 11.1. The lowest BCUT2D eigenvalue weighted by Crippen LogP contribution is -2.35. The fraction of sp³-hybridized carbons (Fsp3) is 0.192. The number of nitrogens with one attached hydrogen (secondary N) is 4. The molecule has 0 aliphatic rings. The van der Waals surface area contributed by atoms with Crippen molar-refractivity contribution < 1.29 is 9.59 Å². The maximum absolute atomic E-state index is 13.2. The van der Waals surface area contributed by atoms with Crippen LogP contribution in [0.2, 0.25) is 0 Å². The monoisotopic (exact) mass is 902 g/mol. The quantitative estimate of drug-likeness (QED) is 0.0736. The number of carbonyl (C=O) groups is 2. The van der Waals surface area contributed by atoms with Crippen molar-refractivity contribution in [2.45, 2.75) is 37.8 Å². The Hall–Kier alpha value is -8.70. The molecule has 0 aliphatic carbocycles. The minimum absolute atomic E-state index is 0.149. The molecule has 0 aliphatic heterocycles. The molecule has 8 aromatic rings. The first kappa shape index (κ1) is 47.3. The van der Waals surface area contributed by atoms with Gasteiger partial charge in [0, 0.05) is 50.7 Å².